The first-order valence-corrected chi connectivity index (χ1v) is 13.4. The van der Waals surface area contributed by atoms with Crippen molar-refractivity contribution in [2.75, 3.05) is 26.4 Å². The van der Waals surface area contributed by atoms with Crippen LogP contribution in [0.25, 0.3) is 0 Å². The molecule has 42 heavy (non-hydrogen) atoms. The largest absolute Gasteiger partial charge is 0.394 e. The fourth-order valence-electron chi connectivity index (χ4n) is 4.85. The summed E-state index contributed by atoms with van der Waals surface area (Å²) in [6, 6.07) is -3.76. The zero-order valence-corrected chi connectivity index (χ0v) is 23.0. The number of aliphatic hydroxyl groups excluding tert-OH is 8. The van der Waals surface area contributed by atoms with Crippen molar-refractivity contribution in [3.63, 3.8) is 0 Å². The van der Waals surface area contributed by atoms with E-state index in [9.17, 15) is 45.6 Å². The Morgan fingerprint density at radius 2 is 1.24 bits per heavy atom. The molecule has 17 heteroatoms. The molecule has 3 saturated heterocycles. The number of carbonyl (C=O) groups excluding carboxylic acids is 1. The number of urea groups is 1. The topological polar surface area (TPSA) is 258 Å². The fraction of sp³-hybridized carbons (Fsp3) is 0.800. The molecule has 3 heterocycles. The summed E-state index contributed by atoms with van der Waals surface area (Å²) >= 11 is 0. The van der Waals surface area contributed by atoms with Crippen molar-refractivity contribution in [3.05, 3.63) is 25.3 Å². The van der Waals surface area contributed by atoms with Crippen LogP contribution in [0.15, 0.2) is 25.3 Å². The van der Waals surface area contributed by atoms with Gasteiger partial charge in [-0.05, 0) is 6.92 Å². The summed E-state index contributed by atoms with van der Waals surface area (Å²) in [4.78, 5) is 13.3. The van der Waals surface area contributed by atoms with Gasteiger partial charge in [0.1, 0.15) is 67.0 Å². The Balaban J connectivity index is 1.85. The number of nitrogens with one attached hydrogen (secondary N) is 2. The summed E-state index contributed by atoms with van der Waals surface area (Å²) < 4.78 is 33.5. The number of carbonyl (C=O) groups is 1. The molecule has 0 unspecified atom stereocenters. The van der Waals surface area contributed by atoms with Gasteiger partial charge in [-0.15, -0.1) is 13.2 Å². The van der Waals surface area contributed by atoms with E-state index in [0.29, 0.717) is 0 Å². The highest BCUT2D eigenvalue weighted by molar-refractivity contribution is 5.75. The Morgan fingerprint density at radius 3 is 1.79 bits per heavy atom. The van der Waals surface area contributed by atoms with Gasteiger partial charge >= 0.3 is 6.03 Å². The Hall–Kier alpha value is -1.81. The highest BCUT2D eigenvalue weighted by atomic mass is 16.7. The minimum atomic E-state index is -1.76. The van der Waals surface area contributed by atoms with Gasteiger partial charge in [0, 0.05) is 0 Å². The maximum atomic E-state index is 13.3. The maximum Gasteiger partial charge on any atom is 0.315 e. The maximum absolute atomic E-state index is 13.3. The zero-order valence-electron chi connectivity index (χ0n) is 23.0. The Morgan fingerprint density at radius 1 is 0.714 bits per heavy atom. The van der Waals surface area contributed by atoms with Gasteiger partial charge < -0.3 is 79.9 Å². The third-order valence-corrected chi connectivity index (χ3v) is 7.19. The third-order valence-electron chi connectivity index (χ3n) is 7.19. The van der Waals surface area contributed by atoms with E-state index < -0.39 is 111 Å². The molecule has 2 amide bonds. The SMILES string of the molecule is C=CCO[C@H]1O[C@H](CO)[C@@H](O)[C@H](O)[C@H]1NC(=O)N[C@H]1[C@@H](OCC=C)O[C@H](CO)[C@@H](O)[C@@H]1O[C@@H]1O[C@@H](C)[C@@H](O)[C@@H](O)[C@@H]1O. The van der Waals surface area contributed by atoms with Crippen molar-refractivity contribution < 1.29 is 74.1 Å². The third kappa shape index (κ3) is 7.82. The summed E-state index contributed by atoms with van der Waals surface area (Å²) in [6.07, 6.45) is -16.3. The van der Waals surface area contributed by atoms with Crippen LogP contribution in [0.5, 0.6) is 0 Å². The molecule has 15 atom stereocenters. The average molecular weight is 611 g/mol. The number of amides is 2. The molecule has 0 aliphatic carbocycles. The van der Waals surface area contributed by atoms with Gasteiger partial charge in [-0.1, -0.05) is 12.2 Å². The lowest BCUT2D eigenvalue weighted by molar-refractivity contribution is -0.340. The quantitative estimate of drug-likeness (QED) is 0.0930. The highest BCUT2D eigenvalue weighted by Crippen LogP contribution is 2.30. The van der Waals surface area contributed by atoms with E-state index in [1.807, 2.05) is 0 Å². The first-order chi connectivity index (χ1) is 20.0. The van der Waals surface area contributed by atoms with Crippen molar-refractivity contribution in [2.45, 2.75) is 98.9 Å². The minimum absolute atomic E-state index is 0.0628. The lowest BCUT2D eigenvalue weighted by atomic mass is 9.95. The second kappa shape index (κ2) is 15.8. The summed E-state index contributed by atoms with van der Waals surface area (Å²) in [5.74, 6) is 0. The van der Waals surface area contributed by atoms with Crippen LogP contribution in [0, 0.1) is 0 Å². The van der Waals surface area contributed by atoms with E-state index in [1.165, 1.54) is 19.1 Å². The lowest BCUT2D eigenvalue weighted by Gasteiger charge is -2.47. The van der Waals surface area contributed by atoms with Crippen LogP contribution >= 0.6 is 0 Å². The van der Waals surface area contributed by atoms with Crippen LogP contribution in [0.2, 0.25) is 0 Å². The molecule has 3 rings (SSSR count). The average Bonchev–Trinajstić information content (AvgIpc) is 2.97. The Kier molecular flexibility index (Phi) is 13.0. The van der Waals surface area contributed by atoms with Gasteiger partial charge in [-0.3, -0.25) is 0 Å². The summed E-state index contributed by atoms with van der Waals surface area (Å²) in [5.41, 5.74) is 0. The highest BCUT2D eigenvalue weighted by Gasteiger charge is 2.52. The molecule has 0 aromatic rings. The van der Waals surface area contributed by atoms with Crippen molar-refractivity contribution >= 4 is 6.03 Å². The number of aliphatic hydroxyl groups is 8. The molecule has 17 nitrogen and oxygen atoms in total. The van der Waals surface area contributed by atoms with Crippen LogP contribution in [0.3, 0.4) is 0 Å². The second-order valence-electron chi connectivity index (χ2n) is 10.1. The van der Waals surface area contributed by atoms with Crippen LogP contribution < -0.4 is 10.6 Å². The summed E-state index contributed by atoms with van der Waals surface area (Å²) in [6.45, 7) is 6.99. The first-order valence-electron chi connectivity index (χ1n) is 13.4. The first kappa shape index (κ1) is 34.7. The molecule has 10 N–H and O–H groups in total. The van der Waals surface area contributed by atoms with Crippen LogP contribution in [0.1, 0.15) is 6.92 Å². The van der Waals surface area contributed by atoms with E-state index in [0.717, 1.165) is 0 Å². The summed E-state index contributed by atoms with van der Waals surface area (Å²) in [5, 5.41) is 87.0. The van der Waals surface area contributed by atoms with Crippen LogP contribution in [0.4, 0.5) is 4.79 Å². The molecular formula is C25H42N2O15. The molecule has 3 aliphatic rings. The van der Waals surface area contributed by atoms with Gasteiger partial charge in [-0.25, -0.2) is 4.79 Å². The van der Waals surface area contributed by atoms with E-state index >= 15 is 0 Å². The van der Waals surface area contributed by atoms with Crippen molar-refractivity contribution in [1.82, 2.24) is 10.6 Å². The molecule has 0 aromatic carbocycles. The minimum Gasteiger partial charge on any atom is -0.394 e. The Bertz CT molecular complexity index is 885. The molecule has 0 saturated carbocycles. The Labute approximate surface area is 241 Å². The van der Waals surface area contributed by atoms with Gasteiger partial charge in [-0.2, -0.15) is 0 Å². The molecule has 242 valence electrons. The van der Waals surface area contributed by atoms with E-state index in [1.54, 1.807) is 0 Å². The molecule has 0 aromatic heterocycles. The number of rotatable bonds is 12. The number of hydrogen-bond acceptors (Lipinski definition) is 15. The molecule has 0 spiro atoms. The second-order valence-corrected chi connectivity index (χ2v) is 10.1. The zero-order chi connectivity index (χ0) is 31.1. The van der Waals surface area contributed by atoms with Crippen LogP contribution in [-0.2, 0) is 28.4 Å². The molecule has 3 aliphatic heterocycles. The van der Waals surface area contributed by atoms with Gasteiger partial charge in [0.25, 0.3) is 0 Å². The van der Waals surface area contributed by atoms with Crippen molar-refractivity contribution in [3.8, 4) is 0 Å². The lowest BCUT2D eigenvalue weighted by Crippen LogP contribution is -2.70. The number of ether oxygens (including phenoxy) is 6. The number of hydrogen-bond donors (Lipinski definition) is 10. The van der Waals surface area contributed by atoms with Gasteiger partial charge in [0.2, 0.25) is 0 Å². The molecular weight excluding hydrogens is 568 g/mol. The predicted molar refractivity (Wildman–Crippen MR) is 138 cm³/mol. The normalized spacial score (nSPS) is 44.3. The van der Waals surface area contributed by atoms with E-state index in [4.69, 9.17) is 28.4 Å². The fourth-order valence-corrected chi connectivity index (χ4v) is 4.85. The molecule has 3 fully saturated rings. The van der Waals surface area contributed by atoms with Gasteiger partial charge in [0.05, 0.1) is 32.5 Å². The van der Waals surface area contributed by atoms with E-state index in [-0.39, 0.29) is 13.2 Å². The van der Waals surface area contributed by atoms with Crippen LogP contribution in [-0.4, -0.2) is 165 Å². The smallest absolute Gasteiger partial charge is 0.315 e. The standard InChI is InChI=1S/C25H42N2O15/c1-4-6-37-22-13(18(33)16(31)11(8-28)40-22)26-25(36)27-14-21(17(32)12(9-29)41-23(14)38-7-5-2)42-24-20(35)19(34)15(30)10(3)39-24/h4-5,10-24,28-35H,1-2,6-9H2,3H3,(H2,26,27,36)/t10-,11+,12+,13+,14+,15+,16+,17+,18+,19+,20-,21+,22-,23-,24-/m0/s1. The van der Waals surface area contributed by atoms with Gasteiger partial charge in [0.15, 0.2) is 18.9 Å². The molecule has 0 bridgehead atoms. The monoisotopic (exact) mass is 610 g/mol. The van der Waals surface area contributed by atoms with E-state index in [2.05, 4.69) is 23.8 Å². The summed E-state index contributed by atoms with van der Waals surface area (Å²) in [7, 11) is 0. The van der Waals surface area contributed by atoms with Crippen molar-refractivity contribution in [2.24, 2.45) is 0 Å². The predicted octanol–water partition coefficient (Wildman–Crippen LogP) is -4.84. The molecule has 0 radical (unpaired) electrons. The van der Waals surface area contributed by atoms with Crippen molar-refractivity contribution in [1.29, 1.82) is 0 Å².